The summed E-state index contributed by atoms with van der Waals surface area (Å²) >= 11 is 5.81. The molecular weight excluding hydrogens is 176 g/mol. The van der Waals surface area contributed by atoms with Crippen molar-refractivity contribution in [3.63, 3.8) is 0 Å². The van der Waals surface area contributed by atoms with E-state index in [4.69, 9.17) is 11.6 Å². The molecule has 3 nitrogen and oxygen atoms in total. The fraction of sp³-hybridized carbons (Fsp3) is 0.375. The van der Waals surface area contributed by atoms with Gasteiger partial charge in [0, 0.05) is 6.92 Å². The largest absolute Gasteiger partial charge is 0.293 e. The Balaban J connectivity index is 3.37. The van der Waals surface area contributed by atoms with Crippen molar-refractivity contribution in [2.45, 2.75) is 20.8 Å². The van der Waals surface area contributed by atoms with Crippen LogP contribution in [-0.4, -0.2) is 15.8 Å². The quantitative estimate of drug-likeness (QED) is 0.627. The van der Waals surface area contributed by atoms with E-state index in [1.165, 1.54) is 6.92 Å². The first-order valence-corrected chi connectivity index (χ1v) is 3.92. The van der Waals surface area contributed by atoms with Crippen molar-refractivity contribution in [3.8, 4) is 0 Å². The van der Waals surface area contributed by atoms with E-state index in [2.05, 4.69) is 9.97 Å². The van der Waals surface area contributed by atoms with E-state index in [9.17, 15) is 4.79 Å². The average Bonchev–Trinajstić information content (AvgIpc) is 1.96. The normalized spacial score (nSPS) is 10.0. The summed E-state index contributed by atoms with van der Waals surface area (Å²) in [6.45, 7) is 4.92. The number of Topliss-reactive ketones (excluding diaryl/α,β-unsaturated/α-hetero) is 1. The minimum atomic E-state index is -0.131. The topological polar surface area (TPSA) is 42.9 Å². The molecule has 0 spiro atoms. The lowest BCUT2D eigenvalue weighted by atomic mass is 10.2. The maximum atomic E-state index is 11.0. The van der Waals surface area contributed by atoms with Gasteiger partial charge in [-0.25, -0.2) is 9.97 Å². The lowest BCUT2D eigenvalue weighted by molar-refractivity contribution is 0.101. The molecule has 0 saturated carbocycles. The van der Waals surface area contributed by atoms with E-state index in [0.29, 0.717) is 22.2 Å². The molecule has 1 aromatic heterocycles. The Kier molecular flexibility index (Phi) is 2.43. The Morgan fingerprint density at radius 2 is 1.92 bits per heavy atom. The van der Waals surface area contributed by atoms with Crippen LogP contribution in [0.15, 0.2) is 0 Å². The van der Waals surface area contributed by atoms with E-state index in [1.54, 1.807) is 13.8 Å². The third-order valence-electron chi connectivity index (χ3n) is 1.46. The predicted octanol–water partition coefficient (Wildman–Crippen LogP) is 1.95. The molecule has 0 bridgehead atoms. The smallest absolute Gasteiger partial charge is 0.179 e. The van der Waals surface area contributed by atoms with E-state index in [-0.39, 0.29) is 5.78 Å². The lowest BCUT2D eigenvalue weighted by Gasteiger charge is -2.02. The zero-order chi connectivity index (χ0) is 9.30. The molecule has 0 fully saturated rings. The molecule has 0 unspecified atom stereocenters. The molecule has 0 atom stereocenters. The van der Waals surface area contributed by atoms with Crippen LogP contribution in [0.4, 0.5) is 0 Å². The van der Waals surface area contributed by atoms with Crippen molar-refractivity contribution in [1.82, 2.24) is 9.97 Å². The van der Waals surface area contributed by atoms with Gasteiger partial charge < -0.3 is 0 Å². The molecule has 0 aliphatic carbocycles. The molecule has 1 heterocycles. The molecule has 0 aromatic carbocycles. The van der Waals surface area contributed by atoms with Gasteiger partial charge in [0.25, 0.3) is 0 Å². The first-order chi connectivity index (χ1) is 5.52. The van der Waals surface area contributed by atoms with E-state index < -0.39 is 0 Å². The van der Waals surface area contributed by atoms with Crippen molar-refractivity contribution in [1.29, 1.82) is 0 Å². The van der Waals surface area contributed by atoms with Crippen molar-refractivity contribution in [3.05, 3.63) is 22.2 Å². The molecule has 0 amide bonds. The van der Waals surface area contributed by atoms with Crippen molar-refractivity contribution in [2.75, 3.05) is 0 Å². The number of rotatable bonds is 1. The van der Waals surface area contributed by atoms with Gasteiger partial charge in [0.1, 0.15) is 11.5 Å². The zero-order valence-electron chi connectivity index (χ0n) is 7.18. The predicted molar refractivity (Wildman–Crippen MR) is 46.5 cm³/mol. The lowest BCUT2D eigenvalue weighted by Crippen LogP contribution is -2.03. The number of aryl methyl sites for hydroxylation is 2. The van der Waals surface area contributed by atoms with Gasteiger partial charge in [0.15, 0.2) is 5.78 Å². The summed E-state index contributed by atoms with van der Waals surface area (Å²) in [6, 6.07) is 0. The van der Waals surface area contributed by atoms with Crippen LogP contribution in [0.1, 0.15) is 28.9 Å². The summed E-state index contributed by atoms with van der Waals surface area (Å²) < 4.78 is 0. The van der Waals surface area contributed by atoms with Crippen LogP contribution in [0.2, 0.25) is 5.02 Å². The number of carbonyl (C=O) groups is 1. The summed E-state index contributed by atoms with van der Waals surface area (Å²) in [6.07, 6.45) is 0. The third kappa shape index (κ3) is 1.61. The SMILES string of the molecule is CC(=O)c1nc(C)nc(C)c1Cl. The molecule has 0 saturated heterocycles. The van der Waals surface area contributed by atoms with Crippen LogP contribution in [0.25, 0.3) is 0 Å². The molecule has 1 aromatic rings. The van der Waals surface area contributed by atoms with Crippen LogP contribution >= 0.6 is 11.6 Å². The van der Waals surface area contributed by atoms with E-state index in [1.807, 2.05) is 0 Å². The summed E-state index contributed by atoms with van der Waals surface area (Å²) in [5.41, 5.74) is 0.955. The molecule has 4 heteroatoms. The van der Waals surface area contributed by atoms with Crippen molar-refractivity contribution < 1.29 is 4.79 Å². The summed E-state index contributed by atoms with van der Waals surface area (Å²) in [5.74, 6) is 0.440. The molecule has 0 aliphatic heterocycles. The van der Waals surface area contributed by atoms with Gasteiger partial charge in [0.2, 0.25) is 0 Å². The van der Waals surface area contributed by atoms with E-state index in [0.717, 1.165) is 0 Å². The van der Waals surface area contributed by atoms with Gasteiger partial charge >= 0.3 is 0 Å². The van der Waals surface area contributed by atoms with Gasteiger partial charge in [-0.1, -0.05) is 11.6 Å². The van der Waals surface area contributed by atoms with Gasteiger partial charge in [-0.15, -0.1) is 0 Å². The molecule has 0 radical (unpaired) electrons. The molecule has 1 rings (SSSR count). The number of ketones is 1. The Hall–Kier alpha value is -0.960. The summed E-state index contributed by atoms with van der Waals surface area (Å²) in [7, 11) is 0. The number of carbonyl (C=O) groups excluding carboxylic acids is 1. The minimum Gasteiger partial charge on any atom is -0.293 e. The van der Waals surface area contributed by atoms with Crippen LogP contribution < -0.4 is 0 Å². The summed E-state index contributed by atoms with van der Waals surface area (Å²) in [4.78, 5) is 19.0. The Morgan fingerprint density at radius 1 is 1.33 bits per heavy atom. The fourth-order valence-electron chi connectivity index (χ4n) is 0.932. The number of aromatic nitrogens is 2. The molecule has 12 heavy (non-hydrogen) atoms. The van der Waals surface area contributed by atoms with Crippen LogP contribution in [0, 0.1) is 13.8 Å². The maximum Gasteiger partial charge on any atom is 0.179 e. The molecule has 0 aliphatic rings. The number of halogens is 1. The van der Waals surface area contributed by atoms with Crippen LogP contribution in [0.5, 0.6) is 0 Å². The highest BCUT2D eigenvalue weighted by Gasteiger charge is 2.11. The number of hydrogen-bond donors (Lipinski definition) is 0. The standard InChI is InChI=1S/C8H9ClN2O/c1-4-7(9)8(5(2)12)11-6(3)10-4/h1-3H3. The second-order valence-corrected chi connectivity index (χ2v) is 2.95. The van der Waals surface area contributed by atoms with Crippen LogP contribution in [0.3, 0.4) is 0 Å². The monoisotopic (exact) mass is 184 g/mol. The summed E-state index contributed by atoms with van der Waals surface area (Å²) in [5, 5.41) is 0.355. The third-order valence-corrected chi connectivity index (χ3v) is 1.91. The first kappa shape index (κ1) is 9.13. The average molecular weight is 185 g/mol. The molecule has 64 valence electrons. The zero-order valence-corrected chi connectivity index (χ0v) is 7.94. The fourth-order valence-corrected chi connectivity index (χ4v) is 1.15. The first-order valence-electron chi connectivity index (χ1n) is 3.54. The molecule has 0 N–H and O–H groups in total. The minimum absolute atomic E-state index is 0.131. The second kappa shape index (κ2) is 3.19. The Bertz CT molecular complexity index is 336. The molecular formula is C8H9ClN2O. The number of hydrogen-bond acceptors (Lipinski definition) is 3. The second-order valence-electron chi connectivity index (χ2n) is 2.58. The van der Waals surface area contributed by atoms with Gasteiger partial charge in [0.05, 0.1) is 10.7 Å². The maximum absolute atomic E-state index is 11.0. The Morgan fingerprint density at radius 3 is 2.42 bits per heavy atom. The van der Waals surface area contributed by atoms with Gasteiger partial charge in [-0.2, -0.15) is 0 Å². The highest BCUT2D eigenvalue weighted by atomic mass is 35.5. The van der Waals surface area contributed by atoms with Crippen LogP contribution in [-0.2, 0) is 0 Å². The highest BCUT2D eigenvalue weighted by Crippen LogP contribution is 2.17. The number of nitrogens with zero attached hydrogens (tertiary/aromatic N) is 2. The highest BCUT2D eigenvalue weighted by molar-refractivity contribution is 6.34. The van der Waals surface area contributed by atoms with Crippen molar-refractivity contribution >= 4 is 17.4 Å². The van der Waals surface area contributed by atoms with Gasteiger partial charge in [-0.3, -0.25) is 4.79 Å². The van der Waals surface area contributed by atoms with Crippen molar-refractivity contribution in [2.24, 2.45) is 0 Å². The Labute approximate surface area is 75.8 Å². The van der Waals surface area contributed by atoms with E-state index >= 15 is 0 Å². The van der Waals surface area contributed by atoms with Gasteiger partial charge in [-0.05, 0) is 13.8 Å².